The van der Waals surface area contributed by atoms with Crippen molar-refractivity contribution in [2.45, 2.75) is 85.0 Å². The summed E-state index contributed by atoms with van der Waals surface area (Å²) in [5, 5.41) is 27.9. The van der Waals surface area contributed by atoms with Crippen LogP contribution < -0.4 is 10.6 Å². The highest BCUT2D eigenvalue weighted by atomic mass is 35.5. The van der Waals surface area contributed by atoms with Crippen LogP contribution in [0.3, 0.4) is 0 Å². The monoisotopic (exact) mass is 598 g/mol. The van der Waals surface area contributed by atoms with Crippen LogP contribution in [0.2, 0.25) is 5.02 Å². The van der Waals surface area contributed by atoms with E-state index in [0.29, 0.717) is 16.6 Å². The summed E-state index contributed by atoms with van der Waals surface area (Å²) in [5.74, 6) is 0. The molecule has 0 amide bonds. The first-order chi connectivity index (χ1) is 20.3. The lowest BCUT2D eigenvalue weighted by atomic mass is 9.87. The van der Waals surface area contributed by atoms with Crippen molar-refractivity contribution in [1.82, 2.24) is 24.9 Å². The van der Waals surface area contributed by atoms with Crippen molar-refractivity contribution in [2.24, 2.45) is 5.41 Å². The third-order valence-corrected chi connectivity index (χ3v) is 8.98. The molecule has 0 radical (unpaired) electrons. The first-order valence-corrected chi connectivity index (χ1v) is 15.5. The van der Waals surface area contributed by atoms with Crippen LogP contribution in [-0.2, 0) is 0 Å². The van der Waals surface area contributed by atoms with Crippen molar-refractivity contribution >= 4 is 33.9 Å². The zero-order valence-corrected chi connectivity index (χ0v) is 27.1. The summed E-state index contributed by atoms with van der Waals surface area (Å²) in [4.78, 5) is 7.28. The van der Waals surface area contributed by atoms with Crippen molar-refractivity contribution in [2.75, 3.05) is 23.7 Å². The van der Waals surface area contributed by atoms with Crippen LogP contribution in [0, 0.1) is 16.7 Å². The normalized spacial score (nSPS) is 16.5. The average molecular weight is 599 g/mol. The summed E-state index contributed by atoms with van der Waals surface area (Å²) in [6.45, 7) is 17.5. The zero-order valence-electron chi connectivity index (χ0n) is 26.3. The summed E-state index contributed by atoms with van der Waals surface area (Å²) in [5.41, 5.74) is 4.75. The van der Waals surface area contributed by atoms with Crippen LogP contribution in [0.15, 0.2) is 54.9 Å². The number of fused-ring (bicyclic) bond motifs is 1. The summed E-state index contributed by atoms with van der Waals surface area (Å²) >= 11 is 6.73. The van der Waals surface area contributed by atoms with E-state index in [4.69, 9.17) is 16.6 Å². The molecule has 3 heterocycles. The van der Waals surface area contributed by atoms with E-state index in [1.54, 1.807) is 6.20 Å². The third kappa shape index (κ3) is 6.79. The second kappa shape index (κ2) is 12.1. The molecule has 0 bridgehead atoms. The number of hydrogen-bond donors (Lipinski definition) is 2. The highest BCUT2D eigenvalue weighted by Crippen LogP contribution is 2.38. The number of nitrogens with one attached hydrogen (secondary N) is 2. The molecule has 2 aromatic heterocycles. The Kier molecular flexibility index (Phi) is 8.69. The number of likely N-dealkylation sites (tertiary alicyclic amines) is 1. The van der Waals surface area contributed by atoms with E-state index in [1.807, 2.05) is 35.0 Å². The quantitative estimate of drug-likeness (QED) is 0.224. The molecule has 1 fully saturated rings. The van der Waals surface area contributed by atoms with E-state index in [2.05, 4.69) is 98.7 Å². The maximum absolute atomic E-state index is 9.94. The van der Waals surface area contributed by atoms with Crippen molar-refractivity contribution in [3.8, 4) is 6.07 Å². The Hall–Kier alpha value is -3.67. The van der Waals surface area contributed by atoms with Gasteiger partial charge in [0.1, 0.15) is 11.8 Å². The fraction of sp³-hybridized carbons (Fsp3) is 0.471. The Morgan fingerprint density at radius 2 is 1.72 bits per heavy atom. The highest BCUT2D eigenvalue weighted by molar-refractivity contribution is 6.32. The minimum Gasteiger partial charge on any atom is -0.380 e. The number of anilines is 2. The van der Waals surface area contributed by atoms with E-state index in [-0.39, 0.29) is 23.0 Å². The standard InChI is InChI=1S/C34H43ClN8/c1-22(33(2,3)4)38-30-24(19-36)20-37-32-27(30)17-25(35)18-28(32)39-31(23-11-9-8-10-12-23)29-21-43(41-40-29)26-13-15-42(16-14-26)34(5,6)7/h8-12,17-18,20-22,26,31,39H,13-16H2,1-7H3,(H,37,38)/t22-,31+/m1/s1. The molecule has 9 heteroatoms. The van der Waals surface area contributed by atoms with Gasteiger partial charge in [0.2, 0.25) is 0 Å². The number of nitriles is 1. The summed E-state index contributed by atoms with van der Waals surface area (Å²) in [6, 6.07) is 16.4. The molecule has 0 unspecified atom stereocenters. The third-order valence-electron chi connectivity index (χ3n) is 8.76. The Morgan fingerprint density at radius 1 is 1.02 bits per heavy atom. The smallest absolute Gasteiger partial charge is 0.109 e. The molecule has 0 spiro atoms. The van der Waals surface area contributed by atoms with Crippen LogP contribution >= 0.6 is 11.6 Å². The molecule has 2 aromatic carbocycles. The van der Waals surface area contributed by atoms with Gasteiger partial charge in [0.25, 0.3) is 0 Å². The molecule has 2 N–H and O–H groups in total. The number of nitrogens with zero attached hydrogens (tertiary/aromatic N) is 6. The van der Waals surface area contributed by atoms with E-state index in [9.17, 15) is 5.26 Å². The number of halogens is 1. The molecule has 0 saturated carbocycles. The van der Waals surface area contributed by atoms with Crippen LogP contribution in [-0.4, -0.2) is 49.5 Å². The van der Waals surface area contributed by atoms with Gasteiger partial charge in [-0.2, -0.15) is 5.26 Å². The summed E-state index contributed by atoms with van der Waals surface area (Å²) in [7, 11) is 0. The molecule has 8 nitrogen and oxygen atoms in total. The first-order valence-electron chi connectivity index (χ1n) is 15.1. The van der Waals surface area contributed by atoms with E-state index in [0.717, 1.165) is 59.5 Å². The molecule has 0 aliphatic carbocycles. The fourth-order valence-electron chi connectivity index (χ4n) is 5.58. The van der Waals surface area contributed by atoms with Gasteiger partial charge < -0.3 is 10.6 Å². The SMILES string of the molecule is C[C@@H](Nc1c(C#N)cnc2c(N[C@@H](c3ccccc3)c3cn(C4CCN(C(C)(C)C)CC4)nn3)cc(Cl)cc12)C(C)(C)C. The van der Waals surface area contributed by atoms with Crippen LogP contribution in [0.1, 0.15) is 90.2 Å². The van der Waals surface area contributed by atoms with Gasteiger partial charge in [-0.25, -0.2) is 4.68 Å². The molecular formula is C34H43ClN8. The number of aromatic nitrogens is 4. The van der Waals surface area contributed by atoms with Gasteiger partial charge in [0.05, 0.1) is 40.7 Å². The van der Waals surface area contributed by atoms with Gasteiger partial charge in [-0.05, 0) is 63.6 Å². The fourth-order valence-corrected chi connectivity index (χ4v) is 5.80. The Bertz CT molecular complexity index is 1600. The zero-order chi connectivity index (χ0) is 30.9. The molecular weight excluding hydrogens is 556 g/mol. The second-order valence-electron chi connectivity index (χ2n) is 13.7. The molecule has 4 aromatic rings. The largest absolute Gasteiger partial charge is 0.380 e. The number of pyridine rings is 1. The van der Waals surface area contributed by atoms with Crippen LogP contribution in [0.5, 0.6) is 0 Å². The van der Waals surface area contributed by atoms with E-state index >= 15 is 0 Å². The maximum Gasteiger partial charge on any atom is 0.109 e. The van der Waals surface area contributed by atoms with Gasteiger partial charge >= 0.3 is 0 Å². The average Bonchev–Trinajstić information content (AvgIpc) is 3.45. The maximum atomic E-state index is 9.94. The summed E-state index contributed by atoms with van der Waals surface area (Å²) in [6.07, 6.45) is 5.79. The molecule has 1 aliphatic heterocycles. The lowest BCUT2D eigenvalue weighted by molar-refractivity contribution is 0.0866. The minimum atomic E-state index is -0.284. The Morgan fingerprint density at radius 3 is 2.35 bits per heavy atom. The van der Waals surface area contributed by atoms with E-state index < -0.39 is 0 Å². The van der Waals surface area contributed by atoms with Crippen LogP contribution in [0.4, 0.5) is 11.4 Å². The number of hydrogen-bond acceptors (Lipinski definition) is 7. The lowest BCUT2D eigenvalue weighted by Gasteiger charge is -2.40. The van der Waals surface area contributed by atoms with E-state index in [1.165, 1.54) is 0 Å². The van der Waals surface area contributed by atoms with Gasteiger partial charge in [-0.3, -0.25) is 9.88 Å². The molecule has 2 atom stereocenters. The Labute approximate surface area is 260 Å². The van der Waals surface area contributed by atoms with Crippen LogP contribution in [0.25, 0.3) is 10.9 Å². The number of benzene rings is 2. The topological polar surface area (TPSA) is 94.7 Å². The van der Waals surface area contributed by atoms with Gasteiger partial charge in [-0.1, -0.05) is 67.9 Å². The highest BCUT2D eigenvalue weighted by Gasteiger charge is 2.29. The van der Waals surface area contributed by atoms with Crippen molar-refractivity contribution < 1.29 is 0 Å². The molecule has 5 rings (SSSR count). The number of rotatable bonds is 7. The number of piperidine rings is 1. The Balaban J connectivity index is 1.51. The predicted molar refractivity (Wildman–Crippen MR) is 176 cm³/mol. The molecule has 1 saturated heterocycles. The predicted octanol–water partition coefficient (Wildman–Crippen LogP) is 7.83. The van der Waals surface area contributed by atoms with Crippen molar-refractivity contribution in [1.29, 1.82) is 5.26 Å². The van der Waals surface area contributed by atoms with Crippen molar-refractivity contribution in [3.05, 3.63) is 76.7 Å². The molecule has 1 aliphatic rings. The molecule has 226 valence electrons. The van der Waals surface area contributed by atoms with Crippen molar-refractivity contribution in [3.63, 3.8) is 0 Å². The van der Waals surface area contributed by atoms with Gasteiger partial charge in [-0.15, -0.1) is 5.10 Å². The van der Waals surface area contributed by atoms with Gasteiger partial charge in [0.15, 0.2) is 0 Å². The summed E-state index contributed by atoms with van der Waals surface area (Å²) < 4.78 is 2.04. The minimum absolute atomic E-state index is 0.0183. The lowest BCUT2D eigenvalue weighted by Crippen LogP contribution is -2.46. The van der Waals surface area contributed by atoms with Gasteiger partial charge in [0, 0.05) is 41.3 Å². The second-order valence-corrected chi connectivity index (χ2v) is 14.2. The first kappa shape index (κ1) is 30.8. The molecule has 43 heavy (non-hydrogen) atoms.